The van der Waals surface area contributed by atoms with Gasteiger partial charge < -0.3 is 4.57 Å². The third-order valence-electron chi connectivity index (χ3n) is 2.38. The lowest BCUT2D eigenvalue weighted by atomic mass is 10.4. The molecule has 0 bridgehead atoms. The van der Waals surface area contributed by atoms with Crippen molar-refractivity contribution in [3.8, 4) is 0 Å². The van der Waals surface area contributed by atoms with Crippen molar-refractivity contribution in [2.45, 2.75) is 4.90 Å². The molecular formula is C10H9ClN4O4S. The quantitative estimate of drug-likeness (QED) is 0.525. The van der Waals surface area contributed by atoms with Crippen LogP contribution in [0.5, 0.6) is 0 Å². The minimum Gasteiger partial charge on any atom is -0.356 e. The highest BCUT2D eigenvalue weighted by Crippen LogP contribution is 2.26. The van der Waals surface area contributed by atoms with Gasteiger partial charge in [0.2, 0.25) is 5.82 Å². The number of nitrogens with one attached hydrogen (secondary N) is 1. The van der Waals surface area contributed by atoms with E-state index in [9.17, 15) is 18.5 Å². The van der Waals surface area contributed by atoms with Crippen molar-refractivity contribution in [2.75, 3.05) is 4.72 Å². The van der Waals surface area contributed by atoms with Crippen LogP contribution in [0.2, 0.25) is 5.15 Å². The van der Waals surface area contributed by atoms with E-state index in [0.29, 0.717) is 0 Å². The summed E-state index contributed by atoms with van der Waals surface area (Å²) in [6.45, 7) is 0. The molecule has 0 unspecified atom stereocenters. The van der Waals surface area contributed by atoms with Crippen LogP contribution in [0.25, 0.3) is 0 Å². The molecule has 0 aliphatic carbocycles. The zero-order valence-corrected chi connectivity index (χ0v) is 11.7. The normalized spacial score (nSPS) is 11.3. The van der Waals surface area contributed by atoms with Gasteiger partial charge in [-0.3, -0.25) is 14.8 Å². The molecule has 8 nitrogen and oxygen atoms in total. The van der Waals surface area contributed by atoms with Crippen molar-refractivity contribution < 1.29 is 13.3 Å². The third-order valence-corrected chi connectivity index (χ3v) is 3.92. The maximum absolute atomic E-state index is 12.1. The molecule has 0 saturated heterocycles. The molecule has 20 heavy (non-hydrogen) atoms. The molecule has 106 valence electrons. The number of aromatic nitrogens is 2. The van der Waals surface area contributed by atoms with E-state index in [1.165, 1.54) is 29.1 Å². The van der Waals surface area contributed by atoms with Crippen molar-refractivity contribution in [3.05, 3.63) is 45.9 Å². The Morgan fingerprint density at radius 1 is 1.40 bits per heavy atom. The fraction of sp³-hybridized carbons (Fsp3) is 0.100. The maximum atomic E-state index is 12.1. The van der Waals surface area contributed by atoms with E-state index >= 15 is 0 Å². The number of hydrogen-bond acceptors (Lipinski definition) is 5. The number of rotatable bonds is 4. The number of hydrogen-bond donors (Lipinski definition) is 1. The van der Waals surface area contributed by atoms with E-state index in [0.717, 1.165) is 6.07 Å². The molecule has 0 fully saturated rings. The number of halogens is 1. The Hall–Kier alpha value is -2.13. The SMILES string of the molecule is Cn1ccc(S(=O)(=O)Nc2nc(Cl)ccc2[N+](=O)[O-])c1. The van der Waals surface area contributed by atoms with Gasteiger partial charge in [0.1, 0.15) is 10.0 Å². The Bertz CT molecular complexity index is 771. The van der Waals surface area contributed by atoms with E-state index in [1.54, 1.807) is 7.05 Å². The smallest absolute Gasteiger partial charge is 0.312 e. The summed E-state index contributed by atoms with van der Waals surface area (Å²) in [5.41, 5.74) is -0.478. The van der Waals surface area contributed by atoms with E-state index in [1.807, 2.05) is 0 Å². The molecule has 1 N–H and O–H groups in total. The number of anilines is 1. The van der Waals surface area contributed by atoms with Crippen molar-refractivity contribution in [1.29, 1.82) is 0 Å². The maximum Gasteiger partial charge on any atom is 0.312 e. The molecule has 0 aliphatic rings. The zero-order chi connectivity index (χ0) is 14.9. The first-order valence-electron chi connectivity index (χ1n) is 5.25. The lowest BCUT2D eigenvalue weighted by Crippen LogP contribution is -2.14. The summed E-state index contributed by atoms with van der Waals surface area (Å²) < 4.78 is 27.7. The van der Waals surface area contributed by atoms with E-state index < -0.39 is 26.5 Å². The minimum atomic E-state index is -3.96. The highest BCUT2D eigenvalue weighted by atomic mass is 35.5. The molecule has 0 aliphatic heterocycles. The first-order valence-corrected chi connectivity index (χ1v) is 7.11. The Balaban J connectivity index is 2.44. The topological polar surface area (TPSA) is 107 Å². The Labute approximate surface area is 119 Å². The summed E-state index contributed by atoms with van der Waals surface area (Å²) >= 11 is 5.63. The van der Waals surface area contributed by atoms with Crippen LogP contribution in [-0.4, -0.2) is 22.9 Å². The highest BCUT2D eigenvalue weighted by molar-refractivity contribution is 7.92. The summed E-state index contributed by atoms with van der Waals surface area (Å²) in [6, 6.07) is 3.65. The van der Waals surface area contributed by atoms with Crippen LogP contribution in [0.1, 0.15) is 0 Å². The van der Waals surface area contributed by atoms with Gasteiger partial charge in [0, 0.05) is 25.5 Å². The molecule has 10 heteroatoms. The van der Waals surface area contributed by atoms with E-state index in [4.69, 9.17) is 11.6 Å². The molecule has 0 spiro atoms. The van der Waals surface area contributed by atoms with Gasteiger partial charge in [0.05, 0.1) is 4.92 Å². The van der Waals surface area contributed by atoms with Gasteiger partial charge in [-0.1, -0.05) is 11.6 Å². The minimum absolute atomic E-state index is 0.0314. The van der Waals surface area contributed by atoms with Crippen LogP contribution in [0.15, 0.2) is 35.5 Å². The van der Waals surface area contributed by atoms with E-state index in [-0.39, 0.29) is 10.0 Å². The van der Waals surface area contributed by atoms with E-state index in [2.05, 4.69) is 9.71 Å². The first-order chi connectivity index (χ1) is 9.29. The average molecular weight is 317 g/mol. The second-order valence-corrected chi connectivity index (χ2v) is 5.95. The monoisotopic (exact) mass is 316 g/mol. The fourth-order valence-corrected chi connectivity index (χ4v) is 2.69. The number of pyridine rings is 1. The molecule has 0 amide bonds. The van der Waals surface area contributed by atoms with Crippen molar-refractivity contribution in [1.82, 2.24) is 9.55 Å². The second kappa shape index (κ2) is 5.10. The molecule has 2 rings (SSSR count). The van der Waals surface area contributed by atoms with Gasteiger partial charge in [-0.25, -0.2) is 13.4 Å². The fourth-order valence-electron chi connectivity index (χ4n) is 1.47. The van der Waals surface area contributed by atoms with Crippen LogP contribution in [-0.2, 0) is 17.1 Å². The van der Waals surface area contributed by atoms with Crippen LogP contribution in [0.3, 0.4) is 0 Å². The van der Waals surface area contributed by atoms with Crippen molar-refractivity contribution in [2.24, 2.45) is 7.05 Å². The summed E-state index contributed by atoms with van der Waals surface area (Å²) in [4.78, 5) is 13.7. The number of sulfonamides is 1. The van der Waals surface area contributed by atoms with Crippen LogP contribution in [0, 0.1) is 10.1 Å². The predicted molar refractivity (Wildman–Crippen MR) is 72.1 cm³/mol. The van der Waals surface area contributed by atoms with Gasteiger partial charge in [-0.15, -0.1) is 0 Å². The summed E-state index contributed by atoms with van der Waals surface area (Å²) in [7, 11) is -2.31. The summed E-state index contributed by atoms with van der Waals surface area (Å²) in [6.07, 6.45) is 2.90. The highest BCUT2D eigenvalue weighted by Gasteiger charge is 2.23. The average Bonchev–Trinajstić information content (AvgIpc) is 2.75. The lowest BCUT2D eigenvalue weighted by Gasteiger charge is -2.06. The van der Waals surface area contributed by atoms with Gasteiger partial charge in [-0.2, -0.15) is 0 Å². The summed E-state index contributed by atoms with van der Waals surface area (Å²) in [5.74, 6) is -0.425. The second-order valence-electron chi connectivity index (χ2n) is 3.88. The lowest BCUT2D eigenvalue weighted by molar-refractivity contribution is -0.384. The number of nitrogens with zero attached hydrogens (tertiary/aromatic N) is 3. The van der Waals surface area contributed by atoms with Crippen LogP contribution >= 0.6 is 11.6 Å². The Morgan fingerprint density at radius 2 is 2.10 bits per heavy atom. The zero-order valence-electron chi connectivity index (χ0n) is 10.1. The van der Waals surface area contributed by atoms with Crippen LogP contribution in [0.4, 0.5) is 11.5 Å². The number of nitro groups is 1. The molecule has 0 radical (unpaired) electrons. The third kappa shape index (κ3) is 2.89. The molecule has 0 atom stereocenters. The standard InChI is InChI=1S/C10H9ClN4O4S/c1-14-5-4-7(6-14)20(18,19)13-10-8(15(16)17)2-3-9(11)12-10/h2-6H,1H3,(H,12,13). The molecule has 0 saturated carbocycles. The van der Waals surface area contributed by atoms with Gasteiger partial charge in [-0.05, 0) is 12.1 Å². The largest absolute Gasteiger partial charge is 0.356 e. The Morgan fingerprint density at radius 3 is 2.65 bits per heavy atom. The molecule has 2 aromatic rings. The first kappa shape index (κ1) is 14.3. The van der Waals surface area contributed by atoms with Gasteiger partial charge in [0.15, 0.2) is 0 Å². The number of aryl methyl sites for hydroxylation is 1. The van der Waals surface area contributed by atoms with Crippen molar-refractivity contribution in [3.63, 3.8) is 0 Å². The van der Waals surface area contributed by atoms with Crippen molar-refractivity contribution >= 4 is 33.1 Å². The molecule has 0 aromatic carbocycles. The molecule has 2 aromatic heterocycles. The Kier molecular flexibility index (Phi) is 3.64. The van der Waals surface area contributed by atoms with Crippen LogP contribution < -0.4 is 4.72 Å². The molecular weight excluding hydrogens is 308 g/mol. The molecule has 2 heterocycles. The predicted octanol–water partition coefficient (Wildman–Crippen LogP) is 1.78. The van der Waals surface area contributed by atoms with Gasteiger partial charge in [0.25, 0.3) is 10.0 Å². The summed E-state index contributed by atoms with van der Waals surface area (Å²) in [5, 5.41) is 10.8. The van der Waals surface area contributed by atoms with Gasteiger partial charge >= 0.3 is 5.69 Å².